The van der Waals surface area contributed by atoms with Gasteiger partial charge >= 0.3 is 11.9 Å². The van der Waals surface area contributed by atoms with E-state index in [0.717, 1.165) is 11.5 Å². The quantitative estimate of drug-likeness (QED) is 0.383. The number of nitrogens with one attached hydrogen (secondary N) is 1. The van der Waals surface area contributed by atoms with Gasteiger partial charge in [0.15, 0.2) is 5.82 Å². The molecule has 1 unspecified atom stereocenters. The largest absolute Gasteiger partial charge is 0.408 e. The Kier molecular flexibility index (Phi) is 6.79. The van der Waals surface area contributed by atoms with Crippen LogP contribution < -0.4 is 11.0 Å². The number of carbonyl (C=O) groups excluding carboxylic acids is 1. The van der Waals surface area contributed by atoms with Crippen molar-refractivity contribution in [1.29, 1.82) is 0 Å². The highest BCUT2D eigenvalue weighted by atomic mass is 19.4. The summed E-state index contributed by atoms with van der Waals surface area (Å²) in [6.45, 7) is 5.57. The van der Waals surface area contributed by atoms with Gasteiger partial charge in [-0.05, 0) is 25.5 Å². The second-order valence-electron chi connectivity index (χ2n) is 8.27. The second kappa shape index (κ2) is 9.84. The lowest BCUT2D eigenvalue weighted by Gasteiger charge is -2.17. The van der Waals surface area contributed by atoms with Gasteiger partial charge in [-0.3, -0.25) is 24.0 Å². The molecule has 0 radical (unpaired) electrons. The minimum atomic E-state index is -4.60. The number of carbonyl (C=O) groups is 1. The van der Waals surface area contributed by atoms with Crippen molar-refractivity contribution in [3.05, 3.63) is 71.3 Å². The highest BCUT2D eigenvalue weighted by Gasteiger charge is 2.37. The van der Waals surface area contributed by atoms with Crippen molar-refractivity contribution in [2.75, 3.05) is 0 Å². The third kappa shape index (κ3) is 4.92. The van der Waals surface area contributed by atoms with Gasteiger partial charge in [0, 0.05) is 18.8 Å². The molecule has 0 fully saturated rings. The molecule has 4 aromatic rings. The molecule has 0 aliphatic carbocycles. The van der Waals surface area contributed by atoms with E-state index in [2.05, 4.69) is 26.6 Å². The predicted molar refractivity (Wildman–Crippen MR) is 132 cm³/mol. The number of nitrogens with zero attached hydrogens (tertiary/aromatic N) is 7. The highest BCUT2D eigenvalue weighted by molar-refractivity contribution is 5.87. The Balaban J connectivity index is 1.75. The summed E-state index contributed by atoms with van der Waals surface area (Å²) >= 11 is 0. The number of aryl methyl sites for hydroxylation is 2. The van der Waals surface area contributed by atoms with Crippen LogP contribution in [0, 0.1) is 6.92 Å². The summed E-state index contributed by atoms with van der Waals surface area (Å²) in [5.74, 6) is -0.764. The van der Waals surface area contributed by atoms with E-state index >= 15 is 0 Å². The summed E-state index contributed by atoms with van der Waals surface area (Å²) in [5.41, 5.74) is 2.72. The molecule has 0 saturated heterocycles. The summed E-state index contributed by atoms with van der Waals surface area (Å²) in [6.07, 6.45) is 2.85. The number of halogens is 3. The minimum Gasteiger partial charge on any atom is -0.343 e. The van der Waals surface area contributed by atoms with Crippen LogP contribution in [0.15, 0.2) is 59.4 Å². The average Bonchev–Trinajstić information content (AvgIpc) is 3.35. The molecule has 0 aliphatic heterocycles. The van der Waals surface area contributed by atoms with E-state index in [9.17, 15) is 22.8 Å². The van der Waals surface area contributed by atoms with Gasteiger partial charge in [0.25, 0.3) is 0 Å². The molecule has 4 rings (SSSR count). The summed E-state index contributed by atoms with van der Waals surface area (Å²) in [5, 5.41) is 6.10. The number of imidazole rings is 1. The van der Waals surface area contributed by atoms with Crippen LogP contribution in [0.1, 0.15) is 18.2 Å². The Hall–Kier alpha value is -4.55. The van der Waals surface area contributed by atoms with E-state index in [1.165, 1.54) is 23.2 Å². The third-order valence-electron chi connectivity index (χ3n) is 5.75. The topological polar surface area (TPSA) is 112 Å². The lowest BCUT2D eigenvalue weighted by Crippen LogP contribution is -2.45. The normalized spacial score (nSPS) is 12.8. The second-order valence-corrected chi connectivity index (χ2v) is 8.27. The predicted octanol–water partition coefficient (Wildman–Crippen LogP) is 2.92. The maximum atomic E-state index is 13.4. The third-order valence-corrected chi connectivity index (χ3v) is 5.75. The number of rotatable bonds is 7. The van der Waals surface area contributed by atoms with Crippen LogP contribution in [0.25, 0.3) is 28.1 Å². The number of benzene rings is 1. The summed E-state index contributed by atoms with van der Waals surface area (Å²) in [6, 6.07) is 3.02. The SMILES string of the molecule is C=CN=Cc1c(-c2cnc(-n3c(=O)n(CC(=O)NC(C)C(F)(F)F)c4cccc(C)c43)cn2)cnn1C. The van der Waals surface area contributed by atoms with Gasteiger partial charge in [0.2, 0.25) is 5.91 Å². The van der Waals surface area contributed by atoms with Crippen molar-refractivity contribution in [2.45, 2.75) is 32.6 Å². The summed E-state index contributed by atoms with van der Waals surface area (Å²) in [7, 11) is 1.75. The van der Waals surface area contributed by atoms with Crippen molar-refractivity contribution in [1.82, 2.24) is 34.2 Å². The average molecular weight is 512 g/mol. The van der Waals surface area contributed by atoms with E-state index in [1.54, 1.807) is 49.3 Å². The van der Waals surface area contributed by atoms with Gasteiger partial charge in [-0.15, -0.1) is 0 Å². The van der Waals surface area contributed by atoms with E-state index in [0.29, 0.717) is 33.5 Å². The number of hydrogen-bond acceptors (Lipinski definition) is 6. The van der Waals surface area contributed by atoms with Crippen LogP contribution in [0.3, 0.4) is 0 Å². The van der Waals surface area contributed by atoms with E-state index < -0.39 is 30.4 Å². The highest BCUT2D eigenvalue weighted by Crippen LogP contribution is 2.23. The molecule has 37 heavy (non-hydrogen) atoms. The number of aliphatic imine (C=N–C) groups is 1. The maximum absolute atomic E-state index is 13.4. The van der Waals surface area contributed by atoms with E-state index in [-0.39, 0.29) is 5.82 Å². The Morgan fingerprint density at radius 1 is 1.24 bits per heavy atom. The fourth-order valence-electron chi connectivity index (χ4n) is 3.85. The maximum Gasteiger partial charge on any atom is 0.408 e. The molecular formula is C24H23F3N8O2. The zero-order valence-corrected chi connectivity index (χ0v) is 20.2. The molecular weight excluding hydrogens is 489 g/mol. The molecule has 1 amide bonds. The zero-order valence-electron chi connectivity index (χ0n) is 20.2. The molecule has 13 heteroatoms. The first-order valence-electron chi connectivity index (χ1n) is 11.1. The standard InChI is InChI=1S/C24H23F3N8O2/c1-5-28-11-19-16(9-31-33(19)4)17-10-30-20(12-29-17)35-22-14(2)7-6-8-18(22)34(23(35)37)13-21(36)32-15(3)24(25,26)27/h5-12,15H,1,13H2,2-4H3,(H,32,36). The smallest absolute Gasteiger partial charge is 0.343 e. The van der Waals surface area contributed by atoms with Crippen LogP contribution in [-0.4, -0.2) is 53.2 Å². The van der Waals surface area contributed by atoms with Gasteiger partial charge in [-0.1, -0.05) is 18.7 Å². The minimum absolute atomic E-state index is 0.182. The Morgan fingerprint density at radius 3 is 2.65 bits per heavy atom. The van der Waals surface area contributed by atoms with Gasteiger partial charge < -0.3 is 5.32 Å². The first-order chi connectivity index (χ1) is 17.5. The van der Waals surface area contributed by atoms with Crippen molar-refractivity contribution in [3.8, 4) is 17.1 Å². The van der Waals surface area contributed by atoms with Crippen molar-refractivity contribution in [2.24, 2.45) is 12.0 Å². The van der Waals surface area contributed by atoms with E-state index in [1.807, 2.05) is 5.32 Å². The Morgan fingerprint density at radius 2 is 2.00 bits per heavy atom. The number of para-hydroxylation sites is 1. The fourth-order valence-corrected chi connectivity index (χ4v) is 3.85. The van der Waals surface area contributed by atoms with Crippen LogP contribution in [0.2, 0.25) is 0 Å². The first-order valence-corrected chi connectivity index (χ1v) is 11.1. The first kappa shape index (κ1) is 25.5. The van der Waals surface area contributed by atoms with Crippen molar-refractivity contribution >= 4 is 23.2 Å². The number of aromatic nitrogens is 6. The molecule has 3 aromatic heterocycles. The molecule has 3 heterocycles. The molecule has 0 saturated carbocycles. The van der Waals surface area contributed by atoms with Gasteiger partial charge in [0.05, 0.1) is 47.2 Å². The fraction of sp³-hybridized carbons (Fsp3) is 0.250. The number of fused-ring (bicyclic) bond motifs is 1. The molecule has 10 nitrogen and oxygen atoms in total. The lowest BCUT2D eigenvalue weighted by atomic mass is 10.2. The summed E-state index contributed by atoms with van der Waals surface area (Å²) < 4.78 is 42.7. The van der Waals surface area contributed by atoms with Gasteiger partial charge in [-0.2, -0.15) is 18.3 Å². The Bertz CT molecular complexity index is 1560. The van der Waals surface area contributed by atoms with E-state index in [4.69, 9.17) is 0 Å². The molecule has 1 atom stereocenters. The summed E-state index contributed by atoms with van der Waals surface area (Å²) in [4.78, 5) is 38.7. The van der Waals surface area contributed by atoms with Gasteiger partial charge in [0.1, 0.15) is 12.6 Å². The Labute approximate surface area is 208 Å². The van der Waals surface area contributed by atoms with Crippen LogP contribution in [-0.2, 0) is 18.4 Å². The number of hydrogen-bond donors (Lipinski definition) is 1. The zero-order chi connectivity index (χ0) is 26.9. The molecule has 1 aromatic carbocycles. The molecule has 0 aliphatic rings. The van der Waals surface area contributed by atoms with Gasteiger partial charge in [-0.25, -0.2) is 14.3 Å². The van der Waals surface area contributed by atoms with Crippen LogP contribution in [0.5, 0.6) is 0 Å². The molecule has 0 spiro atoms. The molecule has 192 valence electrons. The lowest BCUT2D eigenvalue weighted by molar-refractivity contribution is -0.158. The van der Waals surface area contributed by atoms with Crippen molar-refractivity contribution in [3.63, 3.8) is 0 Å². The molecule has 1 N–H and O–H groups in total. The monoisotopic (exact) mass is 512 g/mol. The molecule has 0 bridgehead atoms. The number of amides is 1. The van der Waals surface area contributed by atoms with Crippen LogP contribution >= 0.6 is 0 Å². The van der Waals surface area contributed by atoms with Crippen molar-refractivity contribution < 1.29 is 18.0 Å². The van der Waals surface area contributed by atoms with Crippen LogP contribution in [0.4, 0.5) is 13.2 Å². The number of alkyl halides is 3.